The molecule has 1 N–H and O–H groups in total. The second-order valence-corrected chi connectivity index (χ2v) is 8.08. The fraction of sp³-hybridized carbons (Fsp3) is 0.421. The summed E-state index contributed by atoms with van der Waals surface area (Å²) < 4.78 is 0. The van der Waals surface area contributed by atoms with E-state index < -0.39 is 5.54 Å². The van der Waals surface area contributed by atoms with Gasteiger partial charge in [-0.3, -0.25) is 9.59 Å². The molecule has 132 valence electrons. The van der Waals surface area contributed by atoms with Crippen molar-refractivity contribution in [3.63, 3.8) is 0 Å². The Morgan fingerprint density at radius 1 is 1.44 bits per heavy atom. The Hall–Kier alpha value is -2.21. The van der Waals surface area contributed by atoms with Crippen LogP contribution in [0.2, 0.25) is 0 Å². The van der Waals surface area contributed by atoms with E-state index >= 15 is 0 Å². The third-order valence-electron chi connectivity index (χ3n) is 4.65. The number of aliphatic imine (C=N–C) groups is 1. The molecule has 6 heteroatoms. The summed E-state index contributed by atoms with van der Waals surface area (Å²) in [5.41, 5.74) is 0.0258. The fourth-order valence-electron chi connectivity index (χ4n) is 3.16. The summed E-state index contributed by atoms with van der Waals surface area (Å²) in [4.78, 5) is 32.4. The number of amidine groups is 1. The summed E-state index contributed by atoms with van der Waals surface area (Å²) in [6.07, 6.45) is 5.67. The van der Waals surface area contributed by atoms with E-state index in [0.29, 0.717) is 5.84 Å². The normalized spacial score (nSPS) is 23.9. The number of rotatable bonds is 4. The van der Waals surface area contributed by atoms with Crippen molar-refractivity contribution in [2.75, 3.05) is 0 Å². The number of fused-ring (bicyclic) bond motifs is 1. The summed E-state index contributed by atoms with van der Waals surface area (Å²) in [7, 11) is 0. The summed E-state index contributed by atoms with van der Waals surface area (Å²) in [5.74, 6) is 0.363. The Bertz CT molecular complexity index is 777. The second kappa shape index (κ2) is 6.59. The molecule has 2 aliphatic heterocycles. The van der Waals surface area contributed by atoms with Gasteiger partial charge in [0.15, 0.2) is 0 Å². The van der Waals surface area contributed by atoms with E-state index in [9.17, 15) is 9.59 Å². The van der Waals surface area contributed by atoms with Gasteiger partial charge in [-0.15, -0.1) is 11.3 Å². The van der Waals surface area contributed by atoms with Crippen LogP contribution in [-0.2, 0) is 9.59 Å². The highest BCUT2D eigenvalue weighted by Gasteiger charge is 2.46. The Labute approximate surface area is 152 Å². The summed E-state index contributed by atoms with van der Waals surface area (Å²) in [6.45, 7) is 7.91. The topological polar surface area (TPSA) is 61.8 Å². The van der Waals surface area contributed by atoms with Crippen LogP contribution in [0.15, 0.2) is 46.4 Å². The largest absolute Gasteiger partial charge is 0.346 e. The quantitative estimate of drug-likeness (QED) is 0.898. The molecule has 1 aromatic rings. The number of nitrogens with one attached hydrogen (secondary N) is 1. The number of nitrogens with zero attached hydrogens (tertiary/aromatic N) is 2. The first-order valence-electron chi connectivity index (χ1n) is 8.43. The molecule has 5 nitrogen and oxygen atoms in total. The highest BCUT2D eigenvalue weighted by molar-refractivity contribution is 7.10. The average molecular weight is 357 g/mol. The Balaban J connectivity index is 1.89. The molecule has 0 fully saturated rings. The first kappa shape index (κ1) is 17.6. The Morgan fingerprint density at radius 3 is 2.84 bits per heavy atom. The predicted molar refractivity (Wildman–Crippen MR) is 100 cm³/mol. The molecule has 0 bridgehead atoms. The Morgan fingerprint density at radius 2 is 2.20 bits per heavy atom. The molecule has 0 saturated heterocycles. The van der Waals surface area contributed by atoms with E-state index in [2.05, 4.69) is 24.2 Å². The lowest BCUT2D eigenvalue weighted by Gasteiger charge is -2.43. The first-order valence-corrected chi connectivity index (χ1v) is 9.31. The lowest BCUT2D eigenvalue weighted by molar-refractivity contribution is -0.135. The number of hydrogen-bond acceptors (Lipinski definition) is 4. The maximum absolute atomic E-state index is 13.2. The van der Waals surface area contributed by atoms with E-state index in [4.69, 9.17) is 0 Å². The van der Waals surface area contributed by atoms with Crippen LogP contribution >= 0.6 is 11.3 Å². The number of allylic oxidation sites excluding steroid dienone is 2. The zero-order valence-electron chi connectivity index (χ0n) is 14.9. The molecular formula is C19H23N3O2S. The van der Waals surface area contributed by atoms with E-state index in [1.165, 1.54) is 0 Å². The smallest absolute Gasteiger partial charge is 0.250 e. The van der Waals surface area contributed by atoms with Crippen LogP contribution in [0.1, 0.15) is 45.0 Å². The molecule has 25 heavy (non-hydrogen) atoms. The van der Waals surface area contributed by atoms with Crippen LogP contribution in [0.5, 0.6) is 0 Å². The third kappa shape index (κ3) is 3.31. The fourth-order valence-corrected chi connectivity index (χ4v) is 4.11. The summed E-state index contributed by atoms with van der Waals surface area (Å²) in [5, 5.41) is 5.17. The minimum Gasteiger partial charge on any atom is -0.346 e. The molecule has 2 aliphatic rings. The van der Waals surface area contributed by atoms with Crippen LogP contribution in [0.4, 0.5) is 0 Å². The van der Waals surface area contributed by atoms with Crippen LogP contribution in [0.3, 0.4) is 0 Å². The molecule has 2 unspecified atom stereocenters. The lowest BCUT2D eigenvalue weighted by atomic mass is 9.89. The van der Waals surface area contributed by atoms with Crippen LogP contribution in [-0.4, -0.2) is 28.1 Å². The van der Waals surface area contributed by atoms with E-state index in [1.807, 2.05) is 47.7 Å². The molecule has 0 radical (unpaired) electrons. The van der Waals surface area contributed by atoms with Crippen LogP contribution < -0.4 is 5.32 Å². The molecule has 1 aromatic heterocycles. The number of carbonyl (C=O) groups is 2. The van der Waals surface area contributed by atoms with E-state index in [-0.39, 0.29) is 30.2 Å². The van der Waals surface area contributed by atoms with Gasteiger partial charge < -0.3 is 10.2 Å². The zero-order valence-corrected chi connectivity index (χ0v) is 15.8. The second-order valence-electron chi connectivity index (χ2n) is 7.10. The molecule has 0 saturated carbocycles. The maximum atomic E-state index is 13.2. The van der Waals surface area contributed by atoms with Gasteiger partial charge in [0.1, 0.15) is 11.4 Å². The Kier molecular flexibility index (Phi) is 4.64. The van der Waals surface area contributed by atoms with Crippen molar-refractivity contribution < 1.29 is 9.59 Å². The highest BCUT2D eigenvalue weighted by Crippen LogP contribution is 2.32. The van der Waals surface area contributed by atoms with E-state index in [0.717, 1.165) is 10.5 Å². The van der Waals surface area contributed by atoms with Crippen molar-refractivity contribution in [3.05, 3.63) is 46.3 Å². The molecule has 3 rings (SSSR count). The number of hydrogen-bond donors (Lipinski definition) is 1. The minimum absolute atomic E-state index is 0.0643. The SMILES string of the molecule is CC1=CC2=NC(=O)CC(C)(C(=O)NC(c3cccs3)C(C)C)N2C=C1. The van der Waals surface area contributed by atoms with Gasteiger partial charge in [-0.05, 0) is 48.9 Å². The van der Waals surface area contributed by atoms with Crippen molar-refractivity contribution in [2.45, 2.75) is 45.7 Å². The number of carbonyl (C=O) groups excluding carboxylic acids is 2. The number of amides is 2. The molecule has 0 spiro atoms. The van der Waals surface area contributed by atoms with Gasteiger partial charge in [-0.2, -0.15) is 4.99 Å². The van der Waals surface area contributed by atoms with Crippen molar-refractivity contribution >= 4 is 29.0 Å². The van der Waals surface area contributed by atoms with Gasteiger partial charge >= 0.3 is 0 Å². The first-order chi connectivity index (χ1) is 11.8. The molecule has 0 aliphatic carbocycles. The maximum Gasteiger partial charge on any atom is 0.250 e. The monoisotopic (exact) mass is 357 g/mol. The molecular weight excluding hydrogens is 334 g/mol. The molecule has 3 heterocycles. The molecule has 0 aromatic carbocycles. The van der Waals surface area contributed by atoms with Crippen LogP contribution in [0, 0.1) is 5.92 Å². The van der Waals surface area contributed by atoms with Gasteiger partial charge in [0.2, 0.25) is 5.91 Å². The minimum atomic E-state index is -0.980. The van der Waals surface area contributed by atoms with Gasteiger partial charge in [0, 0.05) is 11.1 Å². The number of thiophene rings is 1. The van der Waals surface area contributed by atoms with Gasteiger partial charge in [-0.25, -0.2) is 0 Å². The van der Waals surface area contributed by atoms with Crippen molar-refractivity contribution in [1.29, 1.82) is 0 Å². The van der Waals surface area contributed by atoms with Crippen molar-refractivity contribution in [1.82, 2.24) is 10.2 Å². The van der Waals surface area contributed by atoms with Crippen LogP contribution in [0.25, 0.3) is 0 Å². The predicted octanol–water partition coefficient (Wildman–Crippen LogP) is 3.42. The third-order valence-corrected chi connectivity index (χ3v) is 5.60. The van der Waals surface area contributed by atoms with Gasteiger partial charge in [-0.1, -0.05) is 19.9 Å². The zero-order chi connectivity index (χ0) is 18.2. The summed E-state index contributed by atoms with van der Waals surface area (Å²) in [6, 6.07) is 3.94. The lowest BCUT2D eigenvalue weighted by Crippen LogP contribution is -2.60. The standard InChI is InChI=1S/C19H23N3O2S/c1-12(2)17(14-6-5-9-25-14)21-18(24)19(4)11-16(23)20-15-10-13(3)7-8-22(15)19/h5-10,12,17H,11H2,1-4H3,(H,21,24). The van der Waals surface area contributed by atoms with Crippen molar-refractivity contribution in [2.24, 2.45) is 10.9 Å². The average Bonchev–Trinajstić information content (AvgIpc) is 3.05. The summed E-state index contributed by atoms with van der Waals surface area (Å²) >= 11 is 1.63. The van der Waals surface area contributed by atoms with E-state index in [1.54, 1.807) is 18.3 Å². The molecule has 2 atom stereocenters. The van der Waals surface area contributed by atoms with Gasteiger partial charge in [0.25, 0.3) is 5.91 Å². The van der Waals surface area contributed by atoms with Gasteiger partial charge in [0.05, 0.1) is 12.5 Å². The molecule has 2 amide bonds. The van der Waals surface area contributed by atoms with Crippen molar-refractivity contribution in [3.8, 4) is 0 Å². The highest BCUT2D eigenvalue weighted by atomic mass is 32.1.